The summed E-state index contributed by atoms with van der Waals surface area (Å²) in [6, 6.07) is -0.551. The van der Waals surface area contributed by atoms with E-state index in [1.165, 1.54) is 22.7 Å². The maximum absolute atomic E-state index is 12.0. The highest BCUT2D eigenvalue weighted by Gasteiger charge is 2.42. The summed E-state index contributed by atoms with van der Waals surface area (Å²) in [6.07, 6.45) is -0.00644. The van der Waals surface area contributed by atoms with Crippen LogP contribution in [0.15, 0.2) is 47.3 Å². The number of nitrogens with zero attached hydrogens (tertiary/aromatic N) is 1. The maximum Gasteiger partial charge on any atom is 0.413 e. The average Bonchev–Trinajstić information content (AvgIpc) is 3.39. The van der Waals surface area contributed by atoms with Gasteiger partial charge in [0.2, 0.25) is 5.91 Å². The third-order valence-corrected chi connectivity index (χ3v) is 4.65. The minimum atomic E-state index is -4.42. The summed E-state index contributed by atoms with van der Waals surface area (Å²) in [7, 11) is 0. The SMILES string of the molecule is C=C(CCNC(=O)C1CN1SOCC(F)(F)F)NC(=O)CO/C=C/C=C(/Cl)C(=C)Cl.S. The molecule has 0 aliphatic carbocycles. The Kier molecular flexibility index (Phi) is 14.1. The zero-order valence-corrected chi connectivity index (χ0v) is 19.5. The summed E-state index contributed by atoms with van der Waals surface area (Å²) in [6.45, 7) is 5.93. The Morgan fingerprint density at radius 3 is 2.58 bits per heavy atom. The van der Waals surface area contributed by atoms with Crippen LogP contribution >= 0.6 is 48.9 Å². The van der Waals surface area contributed by atoms with Gasteiger partial charge in [0, 0.05) is 25.2 Å². The number of allylic oxidation sites excluding steroid dienone is 4. The maximum atomic E-state index is 12.0. The number of carbonyl (C=O) groups is 2. The number of hydrogen-bond donors (Lipinski definition) is 2. The molecule has 2 amide bonds. The molecule has 1 aliphatic rings. The Morgan fingerprint density at radius 1 is 1.29 bits per heavy atom. The Balaban J connectivity index is 0.00000900. The van der Waals surface area contributed by atoms with Crippen LogP contribution in [0, 0.1) is 0 Å². The lowest BCUT2D eigenvalue weighted by molar-refractivity contribution is -0.150. The average molecular weight is 524 g/mol. The number of carbonyl (C=O) groups excluding carboxylic acids is 2. The van der Waals surface area contributed by atoms with Crippen molar-refractivity contribution in [2.45, 2.75) is 18.6 Å². The van der Waals surface area contributed by atoms with Gasteiger partial charge in [0.15, 0.2) is 13.2 Å². The Morgan fingerprint density at radius 2 is 1.97 bits per heavy atom. The first-order valence-electron chi connectivity index (χ1n) is 8.36. The van der Waals surface area contributed by atoms with E-state index < -0.39 is 24.7 Å². The van der Waals surface area contributed by atoms with E-state index in [4.69, 9.17) is 27.9 Å². The van der Waals surface area contributed by atoms with Crippen LogP contribution < -0.4 is 10.6 Å². The van der Waals surface area contributed by atoms with Crippen LogP contribution in [0.4, 0.5) is 13.2 Å². The largest absolute Gasteiger partial charge is 0.491 e. The molecular formula is C17H22Cl2F3N3O4S2. The van der Waals surface area contributed by atoms with Crippen molar-refractivity contribution in [1.82, 2.24) is 14.9 Å². The summed E-state index contributed by atoms with van der Waals surface area (Å²) in [5.74, 6) is -0.795. The van der Waals surface area contributed by atoms with Gasteiger partial charge in [-0.1, -0.05) is 36.4 Å². The molecule has 0 saturated carbocycles. The second-order valence-corrected chi connectivity index (χ2v) is 7.54. The molecule has 1 fully saturated rings. The lowest BCUT2D eigenvalue weighted by Crippen LogP contribution is -2.32. The number of amides is 2. The van der Waals surface area contributed by atoms with Gasteiger partial charge in [0.25, 0.3) is 5.91 Å². The van der Waals surface area contributed by atoms with Crippen LogP contribution in [-0.4, -0.2) is 54.6 Å². The van der Waals surface area contributed by atoms with E-state index in [9.17, 15) is 22.8 Å². The number of rotatable bonds is 13. The third kappa shape index (κ3) is 14.4. The minimum Gasteiger partial charge on any atom is -0.491 e. The molecule has 31 heavy (non-hydrogen) atoms. The van der Waals surface area contributed by atoms with E-state index in [1.54, 1.807) is 0 Å². The lowest BCUT2D eigenvalue weighted by Gasteiger charge is -2.09. The first-order chi connectivity index (χ1) is 14.0. The standard InChI is InChI=1S/C17H20Cl2F3N3O4S.H2S/c1-11(24-15(26)9-28-7-3-4-13(19)12(2)18)5-6-23-16(27)14-8-25(14)30-29-10-17(20,21)22;/h3-4,7,14H,1-2,5-6,8-10H2,(H,23,27)(H,24,26);1H2/b7-3+,13-4+;. The molecule has 2 atom stereocenters. The number of halogens is 5. The smallest absolute Gasteiger partial charge is 0.413 e. The van der Waals surface area contributed by atoms with Gasteiger partial charge in [-0.15, -0.1) is 0 Å². The molecule has 2 unspecified atom stereocenters. The molecule has 1 heterocycles. The molecule has 0 aromatic heterocycles. The Hall–Kier alpha value is -1.31. The molecule has 0 radical (unpaired) electrons. The summed E-state index contributed by atoms with van der Waals surface area (Å²) < 4.78 is 46.7. The summed E-state index contributed by atoms with van der Waals surface area (Å²) in [4.78, 5) is 23.5. The first-order valence-corrected chi connectivity index (χ1v) is 9.82. The van der Waals surface area contributed by atoms with Crippen molar-refractivity contribution < 1.29 is 31.7 Å². The van der Waals surface area contributed by atoms with E-state index in [-0.39, 0.29) is 55.6 Å². The van der Waals surface area contributed by atoms with Crippen molar-refractivity contribution >= 4 is 60.7 Å². The molecule has 1 rings (SSSR count). The lowest BCUT2D eigenvalue weighted by atomic mass is 10.3. The van der Waals surface area contributed by atoms with Gasteiger partial charge in [-0.25, -0.2) is 4.31 Å². The minimum absolute atomic E-state index is 0. The zero-order chi connectivity index (χ0) is 22.7. The van der Waals surface area contributed by atoms with Crippen LogP contribution in [0.3, 0.4) is 0 Å². The van der Waals surface area contributed by atoms with Crippen molar-refractivity contribution in [2.75, 3.05) is 26.3 Å². The molecule has 0 spiro atoms. The van der Waals surface area contributed by atoms with Crippen molar-refractivity contribution in [3.8, 4) is 0 Å². The molecule has 176 valence electrons. The molecule has 0 aromatic carbocycles. The van der Waals surface area contributed by atoms with Gasteiger partial charge in [0.05, 0.1) is 28.6 Å². The normalized spacial score (nSPS) is 18.2. The predicted octanol–water partition coefficient (Wildman–Crippen LogP) is 3.47. The fourth-order valence-corrected chi connectivity index (χ4v) is 2.58. The Bertz CT molecular complexity index is 721. The molecule has 7 nitrogen and oxygen atoms in total. The summed E-state index contributed by atoms with van der Waals surface area (Å²) in [5, 5.41) is 5.51. The van der Waals surface area contributed by atoms with E-state index >= 15 is 0 Å². The molecule has 14 heteroatoms. The number of nitrogens with one attached hydrogen (secondary N) is 2. The molecule has 0 aromatic rings. The molecule has 1 saturated heterocycles. The van der Waals surface area contributed by atoms with Crippen LogP contribution in [0.2, 0.25) is 0 Å². The summed E-state index contributed by atoms with van der Waals surface area (Å²) >= 11 is 11.8. The van der Waals surface area contributed by atoms with Crippen molar-refractivity contribution in [3.05, 3.63) is 47.3 Å². The molecule has 0 bridgehead atoms. The van der Waals surface area contributed by atoms with Crippen LogP contribution in [0.1, 0.15) is 6.42 Å². The molecule has 1 aliphatic heterocycles. The fraction of sp³-hybridized carbons (Fsp3) is 0.412. The second kappa shape index (κ2) is 14.7. The summed E-state index contributed by atoms with van der Waals surface area (Å²) in [5.41, 5.74) is 0.366. The van der Waals surface area contributed by atoms with E-state index in [0.717, 1.165) is 0 Å². The number of hydrogen-bond acceptors (Lipinski definition) is 6. The quantitative estimate of drug-likeness (QED) is 0.126. The van der Waals surface area contributed by atoms with Gasteiger partial charge in [0.1, 0.15) is 6.04 Å². The van der Waals surface area contributed by atoms with Crippen LogP contribution in [0.5, 0.6) is 0 Å². The number of alkyl halides is 3. The van der Waals surface area contributed by atoms with E-state index in [1.807, 2.05) is 0 Å². The highest BCUT2D eigenvalue weighted by Crippen LogP contribution is 2.30. The van der Waals surface area contributed by atoms with Gasteiger partial charge >= 0.3 is 6.18 Å². The van der Waals surface area contributed by atoms with E-state index in [2.05, 4.69) is 28.0 Å². The third-order valence-electron chi connectivity index (χ3n) is 3.17. The predicted molar refractivity (Wildman–Crippen MR) is 119 cm³/mol. The first kappa shape index (κ1) is 29.7. The fourth-order valence-electron chi connectivity index (χ4n) is 1.72. The van der Waals surface area contributed by atoms with Gasteiger partial charge < -0.3 is 15.4 Å². The van der Waals surface area contributed by atoms with Crippen molar-refractivity contribution in [1.29, 1.82) is 0 Å². The Labute approximate surface area is 199 Å². The van der Waals surface area contributed by atoms with Crippen LogP contribution in [-0.2, 0) is 18.5 Å². The van der Waals surface area contributed by atoms with Crippen LogP contribution in [0.25, 0.3) is 0 Å². The van der Waals surface area contributed by atoms with Gasteiger partial charge in [-0.2, -0.15) is 26.7 Å². The van der Waals surface area contributed by atoms with Crippen molar-refractivity contribution in [2.24, 2.45) is 0 Å². The van der Waals surface area contributed by atoms with E-state index in [0.29, 0.717) is 17.9 Å². The second-order valence-electron chi connectivity index (χ2n) is 5.82. The highest BCUT2D eigenvalue weighted by atomic mass is 35.5. The van der Waals surface area contributed by atoms with Gasteiger partial charge in [-0.05, 0) is 12.2 Å². The zero-order valence-electron chi connectivity index (χ0n) is 16.1. The van der Waals surface area contributed by atoms with Gasteiger partial charge in [-0.3, -0.25) is 13.8 Å². The monoisotopic (exact) mass is 523 g/mol. The highest BCUT2D eigenvalue weighted by molar-refractivity contribution is 7.92. The molecular weight excluding hydrogens is 502 g/mol. The number of ether oxygens (including phenoxy) is 1. The molecule has 2 N–H and O–H groups in total. The topological polar surface area (TPSA) is 79.7 Å². The van der Waals surface area contributed by atoms with Crippen molar-refractivity contribution in [3.63, 3.8) is 0 Å².